The van der Waals surface area contributed by atoms with Gasteiger partial charge in [-0.1, -0.05) is 11.6 Å². The Morgan fingerprint density at radius 3 is 2.58 bits per heavy atom. The second kappa shape index (κ2) is 5.93. The molecule has 0 spiro atoms. The van der Waals surface area contributed by atoms with Crippen molar-refractivity contribution in [3.8, 4) is 5.75 Å². The van der Waals surface area contributed by atoms with Gasteiger partial charge in [-0.2, -0.15) is 0 Å². The average Bonchev–Trinajstić information content (AvgIpc) is 2.87. The maximum atomic E-state index is 12.5. The third-order valence-corrected chi connectivity index (χ3v) is 4.29. The monoisotopic (exact) mass is 281 g/mol. The molecule has 4 heteroatoms. The molecular weight excluding hydrogens is 262 g/mol. The van der Waals surface area contributed by atoms with Crippen LogP contribution in [0.2, 0.25) is 5.02 Å². The Bertz CT molecular complexity index is 493. The van der Waals surface area contributed by atoms with E-state index in [-0.39, 0.29) is 5.78 Å². The van der Waals surface area contributed by atoms with Crippen LogP contribution in [0.3, 0.4) is 0 Å². The molecule has 1 aliphatic heterocycles. The van der Waals surface area contributed by atoms with E-state index in [4.69, 9.17) is 16.3 Å². The number of benzene rings is 1. The molecule has 1 fully saturated rings. The van der Waals surface area contributed by atoms with E-state index in [1.165, 1.54) is 12.8 Å². The van der Waals surface area contributed by atoms with Crippen molar-refractivity contribution >= 4 is 17.4 Å². The van der Waals surface area contributed by atoms with Crippen molar-refractivity contribution in [1.82, 2.24) is 4.90 Å². The first kappa shape index (κ1) is 14.4. The highest BCUT2D eigenvalue weighted by Crippen LogP contribution is 2.32. The van der Waals surface area contributed by atoms with Crippen LogP contribution in [0.4, 0.5) is 0 Å². The zero-order valence-corrected chi connectivity index (χ0v) is 12.5. The summed E-state index contributed by atoms with van der Waals surface area (Å²) in [5, 5.41) is 0.658. The molecule has 0 radical (unpaired) electrons. The van der Waals surface area contributed by atoms with Gasteiger partial charge in [0.05, 0.1) is 19.2 Å². The smallest absolute Gasteiger partial charge is 0.180 e. The zero-order chi connectivity index (χ0) is 14.0. The number of carbonyl (C=O) groups is 1. The Labute approximate surface area is 119 Å². The van der Waals surface area contributed by atoms with E-state index in [1.54, 1.807) is 7.11 Å². The van der Waals surface area contributed by atoms with E-state index in [9.17, 15) is 4.79 Å². The fourth-order valence-corrected chi connectivity index (χ4v) is 2.80. The fourth-order valence-electron chi connectivity index (χ4n) is 2.65. The van der Waals surface area contributed by atoms with Crippen LogP contribution in [0.1, 0.15) is 34.3 Å². The molecule has 1 aromatic carbocycles. The number of hydrogen-bond acceptors (Lipinski definition) is 3. The van der Waals surface area contributed by atoms with Crippen molar-refractivity contribution in [2.45, 2.75) is 26.7 Å². The maximum Gasteiger partial charge on any atom is 0.180 e. The topological polar surface area (TPSA) is 29.5 Å². The van der Waals surface area contributed by atoms with Crippen molar-refractivity contribution in [2.24, 2.45) is 0 Å². The first-order valence-electron chi connectivity index (χ1n) is 6.64. The minimum Gasteiger partial charge on any atom is -0.496 e. The Hall–Kier alpha value is -1.06. The van der Waals surface area contributed by atoms with Crippen LogP contribution in [0, 0.1) is 13.8 Å². The maximum absolute atomic E-state index is 12.5. The SMILES string of the molecule is COc1cc(C)c(Cl)c(C)c1C(=O)CN1CCCC1. The number of hydrogen-bond donors (Lipinski definition) is 0. The van der Waals surface area contributed by atoms with Crippen molar-refractivity contribution in [3.63, 3.8) is 0 Å². The van der Waals surface area contributed by atoms with Crippen LogP contribution in [-0.2, 0) is 0 Å². The molecule has 0 aromatic heterocycles. The Balaban J connectivity index is 2.31. The number of likely N-dealkylation sites (tertiary alicyclic amines) is 1. The third kappa shape index (κ3) is 2.93. The van der Waals surface area contributed by atoms with Crippen LogP contribution in [0.5, 0.6) is 5.75 Å². The number of nitrogens with zero attached hydrogens (tertiary/aromatic N) is 1. The summed E-state index contributed by atoms with van der Waals surface area (Å²) >= 11 is 6.25. The van der Waals surface area contributed by atoms with Crippen LogP contribution in [0.25, 0.3) is 0 Å². The van der Waals surface area contributed by atoms with Gasteiger partial charge >= 0.3 is 0 Å². The van der Waals surface area contributed by atoms with E-state index in [1.807, 2.05) is 19.9 Å². The zero-order valence-electron chi connectivity index (χ0n) is 11.8. The van der Waals surface area contributed by atoms with E-state index >= 15 is 0 Å². The van der Waals surface area contributed by atoms with Crippen molar-refractivity contribution in [3.05, 3.63) is 27.8 Å². The third-order valence-electron chi connectivity index (χ3n) is 3.71. The summed E-state index contributed by atoms with van der Waals surface area (Å²) < 4.78 is 5.35. The summed E-state index contributed by atoms with van der Waals surface area (Å²) in [7, 11) is 1.59. The number of halogens is 1. The molecule has 19 heavy (non-hydrogen) atoms. The summed E-state index contributed by atoms with van der Waals surface area (Å²) in [6.45, 7) is 6.28. The Morgan fingerprint density at radius 1 is 1.37 bits per heavy atom. The summed E-state index contributed by atoms with van der Waals surface area (Å²) in [5.41, 5.74) is 2.39. The second-order valence-electron chi connectivity index (χ2n) is 5.12. The molecule has 104 valence electrons. The van der Waals surface area contributed by atoms with Gasteiger partial charge in [0.2, 0.25) is 0 Å². The largest absolute Gasteiger partial charge is 0.496 e. The number of methoxy groups -OCH3 is 1. The number of rotatable bonds is 4. The molecule has 0 saturated carbocycles. The van der Waals surface area contributed by atoms with Gasteiger partial charge in [0.1, 0.15) is 5.75 Å². The fraction of sp³-hybridized carbons (Fsp3) is 0.533. The van der Waals surface area contributed by atoms with Crippen molar-refractivity contribution in [2.75, 3.05) is 26.7 Å². The second-order valence-corrected chi connectivity index (χ2v) is 5.49. The van der Waals surface area contributed by atoms with Crippen molar-refractivity contribution < 1.29 is 9.53 Å². The molecular formula is C15H20ClNO2. The highest BCUT2D eigenvalue weighted by Gasteiger charge is 2.22. The molecule has 1 aromatic rings. The lowest BCUT2D eigenvalue weighted by atomic mass is 10.00. The van der Waals surface area contributed by atoms with Crippen molar-refractivity contribution in [1.29, 1.82) is 0 Å². The normalized spacial score (nSPS) is 15.8. The van der Waals surface area contributed by atoms with Gasteiger partial charge < -0.3 is 4.74 Å². The molecule has 0 N–H and O–H groups in total. The molecule has 0 atom stereocenters. The molecule has 1 aliphatic rings. The predicted octanol–water partition coefficient (Wildman–Crippen LogP) is 3.24. The van der Waals surface area contributed by atoms with Crippen LogP contribution < -0.4 is 4.74 Å². The summed E-state index contributed by atoms with van der Waals surface area (Å²) in [6, 6.07) is 1.84. The quantitative estimate of drug-likeness (QED) is 0.794. The van der Waals surface area contributed by atoms with Crippen LogP contribution in [0.15, 0.2) is 6.07 Å². The number of carbonyl (C=O) groups excluding carboxylic acids is 1. The molecule has 0 unspecified atom stereocenters. The summed E-state index contributed by atoms with van der Waals surface area (Å²) in [4.78, 5) is 14.7. The molecule has 1 saturated heterocycles. The molecule has 2 rings (SSSR count). The lowest BCUT2D eigenvalue weighted by molar-refractivity contribution is 0.0941. The van der Waals surface area contributed by atoms with Gasteiger partial charge in [0.15, 0.2) is 5.78 Å². The minimum atomic E-state index is 0.0955. The Morgan fingerprint density at radius 2 is 2.00 bits per heavy atom. The number of ether oxygens (including phenoxy) is 1. The molecule has 0 amide bonds. The first-order chi connectivity index (χ1) is 9.04. The van der Waals surface area contributed by atoms with Crippen LogP contribution in [-0.4, -0.2) is 37.4 Å². The average molecular weight is 282 g/mol. The number of Topliss-reactive ketones (excluding diaryl/α,β-unsaturated/α-hetero) is 1. The van der Waals surface area contributed by atoms with E-state index < -0.39 is 0 Å². The number of ketones is 1. The van der Waals surface area contributed by atoms with E-state index in [0.29, 0.717) is 22.9 Å². The summed E-state index contributed by atoms with van der Waals surface area (Å²) in [5.74, 6) is 0.724. The van der Waals surface area contributed by atoms with Gasteiger partial charge in [-0.25, -0.2) is 0 Å². The predicted molar refractivity (Wildman–Crippen MR) is 77.5 cm³/mol. The molecule has 0 bridgehead atoms. The van der Waals surface area contributed by atoms with Gasteiger partial charge in [0.25, 0.3) is 0 Å². The first-order valence-corrected chi connectivity index (χ1v) is 7.01. The molecule has 0 aliphatic carbocycles. The molecule has 3 nitrogen and oxygen atoms in total. The summed E-state index contributed by atoms with van der Waals surface area (Å²) in [6.07, 6.45) is 2.36. The van der Waals surface area contributed by atoms with E-state index in [2.05, 4.69) is 4.90 Å². The minimum absolute atomic E-state index is 0.0955. The van der Waals surface area contributed by atoms with Gasteiger partial charge in [-0.3, -0.25) is 9.69 Å². The van der Waals surface area contributed by atoms with Gasteiger partial charge in [-0.05, 0) is 57.0 Å². The number of aryl methyl sites for hydroxylation is 1. The molecule has 1 heterocycles. The van der Waals surface area contributed by atoms with Gasteiger partial charge in [0, 0.05) is 5.02 Å². The lowest BCUT2D eigenvalue weighted by Crippen LogP contribution is -2.27. The van der Waals surface area contributed by atoms with Gasteiger partial charge in [-0.15, -0.1) is 0 Å². The highest BCUT2D eigenvalue weighted by atomic mass is 35.5. The standard InChI is InChI=1S/C15H20ClNO2/c1-10-8-13(19-3)14(11(2)15(10)16)12(18)9-17-6-4-5-7-17/h8H,4-7,9H2,1-3H3. The highest BCUT2D eigenvalue weighted by molar-refractivity contribution is 6.32. The lowest BCUT2D eigenvalue weighted by Gasteiger charge is -2.18. The van der Waals surface area contributed by atoms with Crippen LogP contribution >= 0.6 is 11.6 Å². The Kier molecular flexibility index (Phi) is 4.48. The van der Waals surface area contributed by atoms with E-state index in [0.717, 1.165) is 24.2 Å².